The molecule has 0 atom stereocenters. The predicted octanol–water partition coefficient (Wildman–Crippen LogP) is 2.91. The number of anilines is 1. The van der Waals surface area contributed by atoms with E-state index in [4.69, 9.17) is 22.1 Å². The Balaban J connectivity index is 2.29. The molecular weight excluding hydrogens is 212 g/mol. The van der Waals surface area contributed by atoms with Gasteiger partial charge in [-0.25, -0.2) is 4.98 Å². The highest BCUT2D eigenvalue weighted by atomic mass is 35.5. The molecule has 1 aromatic carbocycles. The van der Waals surface area contributed by atoms with E-state index in [0.29, 0.717) is 16.5 Å². The molecule has 0 aliphatic rings. The van der Waals surface area contributed by atoms with Crippen molar-refractivity contribution in [3.8, 4) is 11.5 Å². The summed E-state index contributed by atoms with van der Waals surface area (Å²) in [5.74, 6) is 1.44. The third-order valence-corrected chi connectivity index (χ3v) is 2.18. The SMILES string of the molecule is Nc1nccc(Oc2cc[c]cc2)c1Cl. The minimum absolute atomic E-state index is 0.261. The average molecular weight is 220 g/mol. The van der Waals surface area contributed by atoms with E-state index < -0.39 is 0 Å². The first kappa shape index (κ1) is 9.80. The molecule has 0 spiro atoms. The van der Waals surface area contributed by atoms with Crippen LogP contribution in [0.1, 0.15) is 0 Å². The molecule has 1 heterocycles. The number of halogens is 1. The number of hydrogen-bond donors (Lipinski definition) is 1. The van der Waals surface area contributed by atoms with Gasteiger partial charge >= 0.3 is 0 Å². The standard InChI is InChI=1S/C11H8ClN2O/c12-10-9(6-7-14-11(10)13)15-8-4-2-1-3-5-8/h2-7H,(H2,13,14). The molecule has 4 heteroatoms. The molecule has 0 aliphatic carbocycles. The summed E-state index contributed by atoms with van der Waals surface area (Å²) >= 11 is 5.92. The van der Waals surface area contributed by atoms with E-state index in [1.54, 1.807) is 36.5 Å². The van der Waals surface area contributed by atoms with Crippen LogP contribution in [0.15, 0.2) is 36.5 Å². The quantitative estimate of drug-likeness (QED) is 0.845. The largest absolute Gasteiger partial charge is 0.456 e. The second kappa shape index (κ2) is 4.19. The third-order valence-electron chi connectivity index (χ3n) is 1.80. The molecule has 0 amide bonds. The van der Waals surface area contributed by atoms with Crippen molar-refractivity contribution in [2.24, 2.45) is 0 Å². The number of nitrogens with two attached hydrogens (primary N) is 1. The number of hydrogen-bond acceptors (Lipinski definition) is 3. The molecule has 2 aromatic rings. The predicted molar refractivity (Wildman–Crippen MR) is 59.0 cm³/mol. The minimum Gasteiger partial charge on any atom is -0.456 e. The molecular formula is C11H8ClN2O. The Labute approximate surface area is 92.5 Å². The Morgan fingerprint density at radius 3 is 2.73 bits per heavy atom. The van der Waals surface area contributed by atoms with Crippen LogP contribution in [-0.2, 0) is 0 Å². The number of rotatable bonds is 2. The van der Waals surface area contributed by atoms with Gasteiger partial charge in [-0.1, -0.05) is 23.7 Å². The van der Waals surface area contributed by atoms with Crippen molar-refractivity contribution in [2.75, 3.05) is 5.73 Å². The number of pyridine rings is 1. The van der Waals surface area contributed by atoms with Crippen LogP contribution < -0.4 is 10.5 Å². The summed E-state index contributed by atoms with van der Waals surface area (Å²) in [5, 5.41) is 0.324. The summed E-state index contributed by atoms with van der Waals surface area (Å²) in [5.41, 5.74) is 5.55. The van der Waals surface area contributed by atoms with E-state index in [1.165, 1.54) is 0 Å². The number of benzene rings is 1. The molecule has 3 nitrogen and oxygen atoms in total. The summed E-state index contributed by atoms with van der Waals surface area (Å²) in [6.45, 7) is 0. The number of ether oxygens (including phenoxy) is 1. The van der Waals surface area contributed by atoms with E-state index in [1.807, 2.05) is 0 Å². The van der Waals surface area contributed by atoms with E-state index in [2.05, 4.69) is 11.1 Å². The van der Waals surface area contributed by atoms with E-state index in [9.17, 15) is 0 Å². The molecule has 75 valence electrons. The van der Waals surface area contributed by atoms with Crippen molar-refractivity contribution in [1.82, 2.24) is 4.98 Å². The van der Waals surface area contributed by atoms with Crippen LogP contribution in [0, 0.1) is 6.07 Å². The fourth-order valence-electron chi connectivity index (χ4n) is 1.09. The van der Waals surface area contributed by atoms with Gasteiger partial charge in [0.05, 0.1) is 0 Å². The van der Waals surface area contributed by atoms with Gasteiger partial charge in [0, 0.05) is 12.3 Å². The lowest BCUT2D eigenvalue weighted by Crippen LogP contribution is -1.93. The highest BCUT2D eigenvalue weighted by Crippen LogP contribution is 2.31. The number of nitrogen functional groups attached to an aromatic ring is 1. The van der Waals surface area contributed by atoms with Crippen LogP contribution in [0.2, 0.25) is 5.02 Å². The Hall–Kier alpha value is -1.74. The molecule has 0 unspecified atom stereocenters. The lowest BCUT2D eigenvalue weighted by molar-refractivity contribution is 0.482. The average Bonchev–Trinajstić information content (AvgIpc) is 2.26. The summed E-state index contributed by atoms with van der Waals surface area (Å²) in [6, 6.07) is 11.6. The highest BCUT2D eigenvalue weighted by molar-refractivity contribution is 6.34. The van der Waals surface area contributed by atoms with Crippen molar-refractivity contribution in [3.63, 3.8) is 0 Å². The maximum absolute atomic E-state index is 5.92. The van der Waals surface area contributed by atoms with Crippen LogP contribution in [0.4, 0.5) is 5.82 Å². The van der Waals surface area contributed by atoms with Crippen LogP contribution in [0.3, 0.4) is 0 Å². The maximum Gasteiger partial charge on any atom is 0.151 e. The second-order valence-electron chi connectivity index (χ2n) is 2.85. The van der Waals surface area contributed by atoms with Gasteiger partial charge in [-0.15, -0.1) is 0 Å². The zero-order valence-corrected chi connectivity index (χ0v) is 8.53. The van der Waals surface area contributed by atoms with Crippen molar-refractivity contribution in [1.29, 1.82) is 0 Å². The molecule has 0 saturated heterocycles. The zero-order valence-electron chi connectivity index (χ0n) is 7.77. The maximum atomic E-state index is 5.92. The molecule has 15 heavy (non-hydrogen) atoms. The molecule has 0 fully saturated rings. The Morgan fingerprint density at radius 2 is 2.00 bits per heavy atom. The molecule has 2 N–H and O–H groups in total. The molecule has 0 bridgehead atoms. The van der Waals surface area contributed by atoms with Gasteiger partial charge in [0.1, 0.15) is 16.6 Å². The van der Waals surface area contributed by atoms with Crippen molar-refractivity contribution >= 4 is 17.4 Å². The molecule has 0 saturated carbocycles. The lowest BCUT2D eigenvalue weighted by Gasteiger charge is -2.07. The summed E-state index contributed by atoms with van der Waals surface area (Å²) in [4.78, 5) is 3.84. The Bertz CT molecular complexity index is 459. The van der Waals surface area contributed by atoms with Crippen LogP contribution in [-0.4, -0.2) is 4.98 Å². The topological polar surface area (TPSA) is 48.1 Å². The number of nitrogens with zero attached hydrogens (tertiary/aromatic N) is 1. The number of aromatic nitrogens is 1. The molecule has 2 rings (SSSR count). The van der Waals surface area contributed by atoms with E-state index >= 15 is 0 Å². The smallest absolute Gasteiger partial charge is 0.151 e. The third kappa shape index (κ3) is 2.19. The normalized spacial score (nSPS) is 9.93. The van der Waals surface area contributed by atoms with Crippen LogP contribution in [0.25, 0.3) is 0 Å². The van der Waals surface area contributed by atoms with E-state index in [0.717, 1.165) is 0 Å². The Kier molecular flexibility index (Phi) is 2.74. The van der Waals surface area contributed by atoms with Crippen molar-refractivity contribution in [3.05, 3.63) is 47.6 Å². The Morgan fingerprint density at radius 1 is 1.27 bits per heavy atom. The van der Waals surface area contributed by atoms with Gasteiger partial charge in [0.25, 0.3) is 0 Å². The zero-order chi connectivity index (χ0) is 10.7. The molecule has 1 radical (unpaired) electrons. The monoisotopic (exact) mass is 219 g/mol. The second-order valence-corrected chi connectivity index (χ2v) is 3.22. The van der Waals surface area contributed by atoms with Gasteiger partial charge in [-0.05, 0) is 18.2 Å². The highest BCUT2D eigenvalue weighted by Gasteiger charge is 2.06. The van der Waals surface area contributed by atoms with Gasteiger partial charge in [0.15, 0.2) is 5.75 Å². The van der Waals surface area contributed by atoms with E-state index in [-0.39, 0.29) is 5.82 Å². The minimum atomic E-state index is 0.261. The molecule has 1 aromatic heterocycles. The van der Waals surface area contributed by atoms with Crippen molar-refractivity contribution < 1.29 is 4.74 Å². The summed E-state index contributed by atoms with van der Waals surface area (Å²) in [7, 11) is 0. The van der Waals surface area contributed by atoms with Gasteiger partial charge in [-0.3, -0.25) is 0 Å². The summed E-state index contributed by atoms with van der Waals surface area (Å²) < 4.78 is 5.52. The van der Waals surface area contributed by atoms with Gasteiger partial charge in [0.2, 0.25) is 0 Å². The summed E-state index contributed by atoms with van der Waals surface area (Å²) in [6.07, 6.45) is 1.55. The molecule has 0 aliphatic heterocycles. The first-order valence-electron chi connectivity index (χ1n) is 4.31. The van der Waals surface area contributed by atoms with Gasteiger partial charge in [-0.2, -0.15) is 0 Å². The first-order valence-corrected chi connectivity index (χ1v) is 4.69. The van der Waals surface area contributed by atoms with Crippen LogP contribution >= 0.6 is 11.6 Å². The van der Waals surface area contributed by atoms with Crippen LogP contribution in [0.5, 0.6) is 11.5 Å². The fourth-order valence-corrected chi connectivity index (χ4v) is 1.24. The van der Waals surface area contributed by atoms with Crippen molar-refractivity contribution in [2.45, 2.75) is 0 Å². The van der Waals surface area contributed by atoms with Gasteiger partial charge < -0.3 is 10.5 Å². The fraction of sp³-hybridized carbons (Fsp3) is 0. The first-order chi connectivity index (χ1) is 7.27. The lowest BCUT2D eigenvalue weighted by atomic mass is 10.3.